The second-order valence-electron chi connectivity index (χ2n) is 5.30. The smallest absolute Gasteiger partial charge is 0.277 e. The molecule has 0 atom stereocenters. The molecule has 0 saturated carbocycles. The Kier molecular flexibility index (Phi) is 6.87. The number of rotatable bonds is 5. The average molecular weight is 491 g/mol. The van der Waals surface area contributed by atoms with Crippen LogP contribution in [-0.4, -0.2) is 23.8 Å². The van der Waals surface area contributed by atoms with E-state index in [9.17, 15) is 9.90 Å². The fourth-order valence-electron chi connectivity index (χ4n) is 2.11. The van der Waals surface area contributed by atoms with E-state index in [1.807, 2.05) is 26.0 Å². The fourth-order valence-corrected chi connectivity index (χ4v) is 3.74. The minimum Gasteiger partial charge on any atom is -0.506 e. The van der Waals surface area contributed by atoms with Crippen molar-refractivity contribution in [2.24, 2.45) is 5.10 Å². The van der Waals surface area contributed by atoms with Crippen molar-refractivity contribution in [1.82, 2.24) is 5.43 Å². The molecule has 8 heteroatoms. The average Bonchev–Trinajstić information content (AvgIpc) is 2.50. The Morgan fingerprint density at radius 1 is 1.32 bits per heavy atom. The Morgan fingerprint density at radius 3 is 2.72 bits per heavy atom. The molecule has 2 N–H and O–H groups in total. The van der Waals surface area contributed by atoms with Gasteiger partial charge in [0, 0.05) is 10.0 Å². The van der Waals surface area contributed by atoms with Crippen molar-refractivity contribution in [3.05, 3.63) is 54.9 Å². The summed E-state index contributed by atoms with van der Waals surface area (Å²) >= 11 is 12.6. The number of carbonyl (C=O) groups excluding carboxylic acids is 1. The summed E-state index contributed by atoms with van der Waals surface area (Å²) in [6.07, 6.45) is 1.30. The van der Waals surface area contributed by atoms with Gasteiger partial charge in [-0.2, -0.15) is 5.10 Å². The van der Waals surface area contributed by atoms with Crippen LogP contribution < -0.4 is 10.2 Å². The van der Waals surface area contributed by atoms with Gasteiger partial charge in [-0.1, -0.05) is 33.6 Å². The zero-order valence-electron chi connectivity index (χ0n) is 13.4. The number of phenolic OH excluding ortho intramolecular Hbond substituents is 1. The van der Waals surface area contributed by atoms with Crippen LogP contribution in [0, 0.1) is 13.8 Å². The van der Waals surface area contributed by atoms with Crippen LogP contribution in [0.5, 0.6) is 11.5 Å². The quantitative estimate of drug-likeness (QED) is 0.471. The number of nitrogens with zero attached hydrogens (tertiary/aromatic N) is 1. The van der Waals surface area contributed by atoms with Crippen LogP contribution in [0.2, 0.25) is 5.02 Å². The maximum absolute atomic E-state index is 11.9. The number of halogens is 3. The van der Waals surface area contributed by atoms with Crippen molar-refractivity contribution < 1.29 is 14.6 Å². The molecule has 132 valence electrons. The van der Waals surface area contributed by atoms with Crippen LogP contribution in [-0.2, 0) is 4.79 Å². The zero-order chi connectivity index (χ0) is 18.6. The van der Waals surface area contributed by atoms with Gasteiger partial charge < -0.3 is 9.84 Å². The number of hydrogen-bond donors (Lipinski definition) is 2. The van der Waals surface area contributed by atoms with Gasteiger partial charge in [-0.15, -0.1) is 0 Å². The first-order valence-electron chi connectivity index (χ1n) is 7.17. The summed E-state index contributed by atoms with van der Waals surface area (Å²) in [5.74, 6) is 0.0724. The second-order valence-corrected chi connectivity index (χ2v) is 7.48. The topological polar surface area (TPSA) is 70.9 Å². The zero-order valence-corrected chi connectivity index (χ0v) is 17.4. The highest BCUT2D eigenvalue weighted by atomic mass is 79.9. The minimum atomic E-state index is -0.427. The fraction of sp³-hybridized carbons (Fsp3) is 0.176. The predicted molar refractivity (Wildman–Crippen MR) is 106 cm³/mol. The molecule has 0 aliphatic rings. The Hall–Kier alpha value is -1.57. The molecule has 0 saturated heterocycles. The third kappa shape index (κ3) is 5.45. The van der Waals surface area contributed by atoms with Gasteiger partial charge in [0.25, 0.3) is 5.91 Å². The van der Waals surface area contributed by atoms with Crippen molar-refractivity contribution in [3.63, 3.8) is 0 Å². The lowest BCUT2D eigenvalue weighted by atomic mass is 10.1. The number of hydrogen-bond acceptors (Lipinski definition) is 4. The predicted octanol–water partition coefficient (Wildman–Crippen LogP) is 4.72. The van der Waals surface area contributed by atoms with Gasteiger partial charge in [0.1, 0.15) is 11.5 Å². The molecule has 2 rings (SSSR count). The normalized spacial score (nSPS) is 10.9. The van der Waals surface area contributed by atoms with Gasteiger partial charge in [-0.25, -0.2) is 5.43 Å². The molecular weight excluding hydrogens is 475 g/mol. The highest BCUT2D eigenvalue weighted by Gasteiger charge is 2.09. The second kappa shape index (κ2) is 8.69. The largest absolute Gasteiger partial charge is 0.506 e. The first-order chi connectivity index (χ1) is 11.8. The van der Waals surface area contributed by atoms with Gasteiger partial charge in [-0.3, -0.25) is 4.79 Å². The molecule has 0 aliphatic heterocycles. The van der Waals surface area contributed by atoms with Crippen LogP contribution in [0.4, 0.5) is 0 Å². The van der Waals surface area contributed by atoms with Crippen molar-refractivity contribution in [1.29, 1.82) is 0 Å². The van der Waals surface area contributed by atoms with E-state index in [0.29, 0.717) is 15.8 Å². The molecule has 2 aromatic carbocycles. The van der Waals surface area contributed by atoms with Crippen LogP contribution in [0.3, 0.4) is 0 Å². The Balaban J connectivity index is 1.96. The number of ether oxygens (including phenoxy) is 1. The monoisotopic (exact) mass is 488 g/mol. The number of amides is 1. The van der Waals surface area contributed by atoms with Crippen LogP contribution in [0.15, 0.2) is 38.3 Å². The number of phenols is 1. The molecular formula is C17H15Br2ClN2O3. The minimum absolute atomic E-state index is 0.113. The lowest BCUT2D eigenvalue weighted by Gasteiger charge is -2.11. The third-order valence-electron chi connectivity index (χ3n) is 3.17. The molecule has 0 aromatic heterocycles. The SMILES string of the molecule is Cc1cc(C)c(OCC(=O)NN=Cc2cc(Br)cc(Cl)c2O)c(Br)c1. The number of carbonyl (C=O) groups is 1. The molecule has 1 amide bonds. The molecule has 25 heavy (non-hydrogen) atoms. The third-order valence-corrected chi connectivity index (χ3v) is 4.51. The Labute approximate surface area is 167 Å². The molecule has 2 aromatic rings. The number of nitrogens with one attached hydrogen (secondary N) is 1. The highest BCUT2D eigenvalue weighted by Crippen LogP contribution is 2.31. The van der Waals surface area contributed by atoms with E-state index in [1.165, 1.54) is 6.21 Å². The number of aromatic hydroxyl groups is 1. The molecule has 0 aliphatic carbocycles. The lowest BCUT2D eigenvalue weighted by Crippen LogP contribution is -2.24. The summed E-state index contributed by atoms with van der Waals surface area (Å²) in [7, 11) is 0. The summed E-state index contributed by atoms with van der Waals surface area (Å²) in [5.41, 5.74) is 4.73. The summed E-state index contributed by atoms with van der Waals surface area (Å²) in [6.45, 7) is 3.70. The van der Waals surface area contributed by atoms with Crippen LogP contribution in [0.25, 0.3) is 0 Å². The number of benzene rings is 2. The molecule has 0 unspecified atom stereocenters. The summed E-state index contributed by atoms with van der Waals surface area (Å²) in [4.78, 5) is 11.9. The summed E-state index contributed by atoms with van der Waals surface area (Å²) < 4.78 is 7.01. The van der Waals surface area contributed by atoms with E-state index >= 15 is 0 Å². The van der Waals surface area contributed by atoms with Gasteiger partial charge in [0.05, 0.1) is 15.7 Å². The molecule has 0 heterocycles. The highest BCUT2D eigenvalue weighted by molar-refractivity contribution is 9.10. The van der Waals surface area contributed by atoms with Crippen molar-refractivity contribution in [2.45, 2.75) is 13.8 Å². The Morgan fingerprint density at radius 2 is 2.04 bits per heavy atom. The first kappa shape index (κ1) is 19.8. The first-order valence-corrected chi connectivity index (χ1v) is 9.13. The Bertz CT molecular complexity index is 818. The van der Waals surface area contributed by atoms with Gasteiger partial charge >= 0.3 is 0 Å². The standard InChI is InChI=1S/C17H15Br2ClN2O3/c1-9-3-10(2)17(13(19)4-9)25-8-15(23)22-21-7-11-5-12(18)6-14(20)16(11)24/h3-7,24H,8H2,1-2H3,(H,22,23). The summed E-state index contributed by atoms with van der Waals surface area (Å²) in [6, 6.07) is 7.07. The summed E-state index contributed by atoms with van der Waals surface area (Å²) in [5, 5.41) is 13.8. The van der Waals surface area contributed by atoms with Crippen LogP contribution >= 0.6 is 43.5 Å². The maximum Gasteiger partial charge on any atom is 0.277 e. The molecule has 0 radical (unpaired) electrons. The molecule has 0 fully saturated rings. The number of hydrazone groups is 1. The van der Waals surface area contributed by atoms with Crippen molar-refractivity contribution >= 4 is 55.6 Å². The van der Waals surface area contributed by atoms with E-state index in [0.717, 1.165) is 15.6 Å². The molecule has 5 nitrogen and oxygen atoms in total. The van der Waals surface area contributed by atoms with E-state index in [1.54, 1.807) is 12.1 Å². The van der Waals surface area contributed by atoms with E-state index < -0.39 is 5.91 Å². The lowest BCUT2D eigenvalue weighted by molar-refractivity contribution is -0.123. The van der Waals surface area contributed by atoms with Crippen LogP contribution in [0.1, 0.15) is 16.7 Å². The number of aryl methyl sites for hydroxylation is 2. The van der Waals surface area contributed by atoms with E-state index in [4.69, 9.17) is 16.3 Å². The molecule has 0 spiro atoms. The maximum atomic E-state index is 11.9. The van der Waals surface area contributed by atoms with Gasteiger partial charge in [0.2, 0.25) is 0 Å². The van der Waals surface area contributed by atoms with E-state index in [-0.39, 0.29) is 17.4 Å². The van der Waals surface area contributed by atoms with Gasteiger partial charge in [-0.05, 0) is 59.1 Å². The van der Waals surface area contributed by atoms with Gasteiger partial charge in [0.15, 0.2) is 6.61 Å². The van der Waals surface area contributed by atoms with E-state index in [2.05, 4.69) is 42.4 Å². The molecule has 0 bridgehead atoms. The van der Waals surface area contributed by atoms with Crippen molar-refractivity contribution in [3.8, 4) is 11.5 Å². The van der Waals surface area contributed by atoms with Crippen molar-refractivity contribution in [2.75, 3.05) is 6.61 Å².